The maximum atomic E-state index is 10.6. The third-order valence-electron chi connectivity index (χ3n) is 2.76. The molecular formula is C12H22N4O2. The number of rotatable bonds is 5. The van der Waals surface area contributed by atoms with Gasteiger partial charge in [0, 0.05) is 39.3 Å². The summed E-state index contributed by atoms with van der Waals surface area (Å²) < 4.78 is 0. The van der Waals surface area contributed by atoms with Crippen LogP contribution < -0.4 is 0 Å². The van der Waals surface area contributed by atoms with Crippen LogP contribution in [0.15, 0.2) is 9.98 Å². The average molecular weight is 254 g/mol. The van der Waals surface area contributed by atoms with Crippen molar-refractivity contribution in [3.8, 4) is 0 Å². The summed E-state index contributed by atoms with van der Waals surface area (Å²) in [6.45, 7) is 8.73. The van der Waals surface area contributed by atoms with Gasteiger partial charge in [-0.15, -0.1) is 0 Å². The zero-order valence-corrected chi connectivity index (χ0v) is 11.2. The zero-order chi connectivity index (χ0) is 13.4. The van der Waals surface area contributed by atoms with Gasteiger partial charge in [-0.1, -0.05) is 0 Å². The van der Waals surface area contributed by atoms with Crippen molar-refractivity contribution in [3.05, 3.63) is 0 Å². The quantitative estimate of drug-likeness (QED) is 0.562. The molecule has 0 radical (unpaired) electrons. The number of nitrogens with zero attached hydrogens (tertiary/aromatic N) is 4. The van der Waals surface area contributed by atoms with Crippen LogP contribution in [0.1, 0.15) is 13.8 Å². The Balaban J connectivity index is 2.51. The average Bonchev–Trinajstić information content (AvgIpc) is 2.35. The Bertz CT molecular complexity index is 320. The second-order valence-electron chi connectivity index (χ2n) is 4.12. The minimum absolute atomic E-state index is 0.122. The number of aliphatic imine (C=N–C) groups is 2. The number of piperazine rings is 1. The van der Waals surface area contributed by atoms with Crippen LogP contribution in [0.3, 0.4) is 0 Å². The molecule has 1 N–H and O–H groups in total. The summed E-state index contributed by atoms with van der Waals surface area (Å²) in [6, 6.07) is 0. The lowest BCUT2D eigenvalue weighted by Gasteiger charge is -2.34. The second-order valence-corrected chi connectivity index (χ2v) is 4.12. The van der Waals surface area contributed by atoms with Crippen molar-refractivity contribution in [3.63, 3.8) is 0 Å². The third kappa shape index (κ3) is 4.83. The van der Waals surface area contributed by atoms with Crippen LogP contribution in [0.2, 0.25) is 0 Å². The Hall–Kier alpha value is -1.43. The van der Waals surface area contributed by atoms with Crippen molar-refractivity contribution in [2.45, 2.75) is 13.8 Å². The molecule has 0 bridgehead atoms. The summed E-state index contributed by atoms with van der Waals surface area (Å²) in [5.74, 6) is 0.146. The molecule has 0 atom stereocenters. The number of carboxylic acid groups (broad SMARTS) is 1. The monoisotopic (exact) mass is 254 g/mol. The molecule has 0 aromatic rings. The van der Waals surface area contributed by atoms with E-state index < -0.39 is 5.97 Å². The van der Waals surface area contributed by atoms with Gasteiger partial charge in [-0.2, -0.15) is 0 Å². The van der Waals surface area contributed by atoms with E-state index in [2.05, 4.69) is 14.9 Å². The molecule has 0 unspecified atom stereocenters. The molecule has 0 aromatic carbocycles. The Morgan fingerprint density at radius 1 is 1.22 bits per heavy atom. The number of hydrogen-bond donors (Lipinski definition) is 1. The highest BCUT2D eigenvalue weighted by Gasteiger charge is 2.19. The summed E-state index contributed by atoms with van der Waals surface area (Å²) >= 11 is 0. The largest absolute Gasteiger partial charge is 0.480 e. The summed E-state index contributed by atoms with van der Waals surface area (Å²) in [7, 11) is 0. The smallest absolute Gasteiger partial charge is 0.317 e. The predicted octanol–water partition coefficient (Wildman–Crippen LogP) is 0.198. The van der Waals surface area contributed by atoms with Gasteiger partial charge in [-0.05, 0) is 13.8 Å². The Labute approximate surface area is 108 Å². The molecule has 6 nitrogen and oxygen atoms in total. The third-order valence-corrected chi connectivity index (χ3v) is 2.76. The molecule has 18 heavy (non-hydrogen) atoms. The molecular weight excluding hydrogens is 232 g/mol. The highest BCUT2D eigenvalue weighted by atomic mass is 16.4. The van der Waals surface area contributed by atoms with Crippen LogP contribution in [-0.4, -0.2) is 78.7 Å². The van der Waals surface area contributed by atoms with Gasteiger partial charge in [0.05, 0.1) is 12.8 Å². The molecule has 1 fully saturated rings. The molecule has 0 saturated carbocycles. The molecule has 1 aliphatic heterocycles. The van der Waals surface area contributed by atoms with E-state index in [-0.39, 0.29) is 6.54 Å². The van der Waals surface area contributed by atoms with Crippen molar-refractivity contribution < 1.29 is 9.90 Å². The van der Waals surface area contributed by atoms with Crippen LogP contribution in [0.4, 0.5) is 0 Å². The SMILES string of the molecule is CC/N=C\C(=N/CC)N1CCN(CC(=O)O)CC1. The van der Waals surface area contributed by atoms with Crippen LogP contribution in [0.25, 0.3) is 0 Å². The van der Waals surface area contributed by atoms with Gasteiger partial charge in [0.25, 0.3) is 0 Å². The molecule has 6 heteroatoms. The number of carbonyl (C=O) groups is 1. The van der Waals surface area contributed by atoms with Crippen LogP contribution in [0.5, 0.6) is 0 Å². The van der Waals surface area contributed by atoms with E-state index >= 15 is 0 Å². The first-order chi connectivity index (χ1) is 8.67. The second kappa shape index (κ2) is 7.81. The zero-order valence-electron chi connectivity index (χ0n) is 11.2. The molecule has 1 heterocycles. The number of hydrogen-bond acceptors (Lipinski definition) is 4. The van der Waals surface area contributed by atoms with E-state index in [1.54, 1.807) is 0 Å². The molecule has 1 aliphatic rings. The Morgan fingerprint density at radius 3 is 2.39 bits per heavy atom. The highest BCUT2D eigenvalue weighted by molar-refractivity contribution is 6.29. The fraction of sp³-hybridized carbons (Fsp3) is 0.750. The predicted molar refractivity (Wildman–Crippen MR) is 72.7 cm³/mol. The van der Waals surface area contributed by atoms with E-state index in [4.69, 9.17) is 5.11 Å². The normalized spacial score (nSPS) is 18.6. The number of amidine groups is 1. The topological polar surface area (TPSA) is 68.5 Å². The minimum atomic E-state index is -0.765. The Kier molecular flexibility index (Phi) is 6.35. The van der Waals surface area contributed by atoms with Gasteiger partial charge in [0.1, 0.15) is 5.84 Å². The van der Waals surface area contributed by atoms with Crippen molar-refractivity contribution in [2.75, 3.05) is 45.8 Å². The lowest BCUT2D eigenvalue weighted by atomic mass is 10.3. The van der Waals surface area contributed by atoms with Gasteiger partial charge in [-0.25, -0.2) is 0 Å². The van der Waals surface area contributed by atoms with Gasteiger partial charge in [-0.3, -0.25) is 19.7 Å². The maximum absolute atomic E-state index is 10.6. The highest BCUT2D eigenvalue weighted by Crippen LogP contribution is 2.02. The molecule has 0 spiro atoms. The van der Waals surface area contributed by atoms with Crippen LogP contribution in [0, 0.1) is 0 Å². The molecule has 0 aliphatic carbocycles. The molecule has 1 saturated heterocycles. The first-order valence-electron chi connectivity index (χ1n) is 6.40. The summed E-state index contributed by atoms with van der Waals surface area (Å²) in [5, 5.41) is 8.74. The first-order valence-corrected chi connectivity index (χ1v) is 6.40. The van der Waals surface area contributed by atoms with Crippen LogP contribution >= 0.6 is 0 Å². The fourth-order valence-corrected chi connectivity index (χ4v) is 1.88. The number of carboxylic acids is 1. The maximum Gasteiger partial charge on any atom is 0.317 e. The van der Waals surface area contributed by atoms with E-state index in [9.17, 15) is 4.79 Å². The van der Waals surface area contributed by atoms with Gasteiger partial charge < -0.3 is 10.0 Å². The van der Waals surface area contributed by atoms with E-state index in [1.165, 1.54) is 0 Å². The van der Waals surface area contributed by atoms with Gasteiger partial charge in [0.15, 0.2) is 0 Å². The molecule has 102 valence electrons. The van der Waals surface area contributed by atoms with E-state index in [1.807, 2.05) is 25.0 Å². The lowest BCUT2D eigenvalue weighted by Crippen LogP contribution is -2.50. The summed E-state index contributed by atoms with van der Waals surface area (Å²) in [6.07, 6.45) is 1.82. The molecule has 1 rings (SSSR count). The van der Waals surface area contributed by atoms with E-state index in [0.717, 1.165) is 45.1 Å². The summed E-state index contributed by atoms with van der Waals surface area (Å²) in [5.41, 5.74) is 0. The van der Waals surface area contributed by atoms with Gasteiger partial charge >= 0.3 is 5.97 Å². The van der Waals surface area contributed by atoms with Crippen molar-refractivity contribution in [1.29, 1.82) is 0 Å². The summed E-state index contributed by atoms with van der Waals surface area (Å²) in [4.78, 5) is 23.4. The number of aliphatic carboxylic acids is 1. The van der Waals surface area contributed by atoms with Crippen molar-refractivity contribution in [1.82, 2.24) is 9.80 Å². The van der Waals surface area contributed by atoms with Crippen molar-refractivity contribution >= 4 is 18.0 Å². The Morgan fingerprint density at radius 2 is 1.89 bits per heavy atom. The van der Waals surface area contributed by atoms with Crippen LogP contribution in [-0.2, 0) is 4.79 Å². The first kappa shape index (κ1) is 14.6. The molecule has 0 amide bonds. The standard InChI is InChI=1S/C12H22N4O2/c1-3-13-9-11(14-4-2)16-7-5-15(6-8-16)10-12(17)18/h9H,3-8,10H2,1-2H3,(H,17,18)/b13-9-,14-11+. The lowest BCUT2D eigenvalue weighted by molar-refractivity contribution is -0.138. The molecule has 0 aromatic heterocycles. The van der Waals surface area contributed by atoms with Gasteiger partial charge in [0.2, 0.25) is 0 Å². The minimum Gasteiger partial charge on any atom is -0.480 e. The fourth-order valence-electron chi connectivity index (χ4n) is 1.88. The van der Waals surface area contributed by atoms with E-state index in [0.29, 0.717) is 0 Å². The van der Waals surface area contributed by atoms with Crippen molar-refractivity contribution in [2.24, 2.45) is 9.98 Å².